The zero-order chi connectivity index (χ0) is 16.8. The third kappa shape index (κ3) is 4.56. The highest BCUT2D eigenvalue weighted by Crippen LogP contribution is 2.29. The predicted octanol–water partition coefficient (Wildman–Crippen LogP) is 4.26. The fourth-order valence-corrected chi connectivity index (χ4v) is 2.26. The van der Waals surface area contributed by atoms with Gasteiger partial charge in [-0.25, -0.2) is 4.39 Å². The molecular weight excluding hydrogens is 365 g/mol. The highest BCUT2D eigenvalue weighted by molar-refractivity contribution is 9.10. The van der Waals surface area contributed by atoms with Crippen LogP contribution in [0.4, 0.5) is 10.1 Å². The standard InChI is InChI=1S/C17H15BrFNO3/c1-22-13-5-7-15(16(10-13)23-2)20-17(21)8-3-11-9-12(18)4-6-14(11)19/h3-10H,1-2H3,(H,20,21)/b8-3+. The molecule has 4 nitrogen and oxygen atoms in total. The van der Waals surface area contributed by atoms with E-state index in [1.54, 1.807) is 37.4 Å². The number of nitrogens with one attached hydrogen (secondary N) is 1. The van der Waals surface area contributed by atoms with Crippen molar-refractivity contribution < 1.29 is 18.7 Å². The van der Waals surface area contributed by atoms with Crippen molar-refractivity contribution in [2.24, 2.45) is 0 Å². The van der Waals surface area contributed by atoms with E-state index in [1.165, 1.54) is 25.3 Å². The van der Waals surface area contributed by atoms with Crippen molar-refractivity contribution in [2.45, 2.75) is 0 Å². The molecule has 0 aliphatic rings. The first-order valence-corrected chi connectivity index (χ1v) is 7.49. The van der Waals surface area contributed by atoms with Crippen molar-refractivity contribution in [2.75, 3.05) is 19.5 Å². The van der Waals surface area contributed by atoms with E-state index in [-0.39, 0.29) is 0 Å². The predicted molar refractivity (Wildman–Crippen MR) is 91.3 cm³/mol. The Balaban J connectivity index is 2.13. The SMILES string of the molecule is COc1ccc(NC(=O)/C=C/c2cc(Br)ccc2F)c(OC)c1. The Hall–Kier alpha value is -2.34. The van der Waals surface area contributed by atoms with Gasteiger partial charge in [-0.05, 0) is 36.4 Å². The minimum atomic E-state index is -0.403. The Morgan fingerprint density at radius 3 is 2.65 bits per heavy atom. The normalized spacial score (nSPS) is 10.6. The van der Waals surface area contributed by atoms with Gasteiger partial charge in [0.25, 0.3) is 0 Å². The van der Waals surface area contributed by atoms with Gasteiger partial charge in [0.15, 0.2) is 0 Å². The van der Waals surface area contributed by atoms with Gasteiger partial charge >= 0.3 is 0 Å². The van der Waals surface area contributed by atoms with Crippen LogP contribution in [0.3, 0.4) is 0 Å². The van der Waals surface area contributed by atoms with E-state index in [9.17, 15) is 9.18 Å². The lowest BCUT2D eigenvalue weighted by atomic mass is 10.2. The minimum absolute atomic E-state index is 0.316. The second-order valence-corrected chi connectivity index (χ2v) is 5.47. The smallest absolute Gasteiger partial charge is 0.248 e. The van der Waals surface area contributed by atoms with Crippen LogP contribution in [0.15, 0.2) is 46.9 Å². The van der Waals surface area contributed by atoms with E-state index in [1.807, 2.05) is 0 Å². The molecule has 0 saturated heterocycles. The van der Waals surface area contributed by atoms with E-state index in [0.29, 0.717) is 22.7 Å². The van der Waals surface area contributed by atoms with Crippen LogP contribution >= 0.6 is 15.9 Å². The Bertz CT molecular complexity index is 747. The van der Waals surface area contributed by atoms with Gasteiger partial charge in [-0.2, -0.15) is 0 Å². The molecule has 0 atom stereocenters. The number of hydrogen-bond donors (Lipinski definition) is 1. The average molecular weight is 380 g/mol. The van der Waals surface area contributed by atoms with Crippen molar-refractivity contribution in [3.8, 4) is 11.5 Å². The van der Waals surface area contributed by atoms with Gasteiger partial charge in [0.2, 0.25) is 5.91 Å². The number of ether oxygens (including phenoxy) is 2. The van der Waals surface area contributed by atoms with E-state index in [0.717, 1.165) is 4.47 Å². The summed E-state index contributed by atoms with van der Waals surface area (Å²) < 4.78 is 24.6. The van der Waals surface area contributed by atoms with Gasteiger partial charge in [0.05, 0.1) is 19.9 Å². The second-order valence-electron chi connectivity index (χ2n) is 4.55. The minimum Gasteiger partial charge on any atom is -0.497 e. The van der Waals surface area contributed by atoms with Crippen molar-refractivity contribution >= 4 is 33.6 Å². The van der Waals surface area contributed by atoms with Crippen LogP contribution in [0.2, 0.25) is 0 Å². The molecule has 0 aromatic heterocycles. The first-order valence-electron chi connectivity index (χ1n) is 6.69. The Morgan fingerprint density at radius 2 is 1.96 bits per heavy atom. The molecule has 23 heavy (non-hydrogen) atoms. The number of hydrogen-bond acceptors (Lipinski definition) is 3. The molecule has 0 saturated carbocycles. The summed E-state index contributed by atoms with van der Waals surface area (Å²) in [4.78, 5) is 12.0. The van der Waals surface area contributed by atoms with Crippen LogP contribution in [0, 0.1) is 5.82 Å². The summed E-state index contributed by atoms with van der Waals surface area (Å²) in [5.74, 6) is 0.290. The second kappa shape index (κ2) is 7.78. The summed E-state index contributed by atoms with van der Waals surface area (Å²) in [6, 6.07) is 9.54. The molecule has 2 aromatic carbocycles. The van der Waals surface area contributed by atoms with Gasteiger partial charge in [0, 0.05) is 22.2 Å². The third-order valence-corrected chi connectivity index (χ3v) is 3.53. The zero-order valence-electron chi connectivity index (χ0n) is 12.6. The maximum atomic E-state index is 13.6. The van der Waals surface area contributed by atoms with E-state index in [2.05, 4.69) is 21.2 Å². The molecule has 2 aromatic rings. The van der Waals surface area contributed by atoms with Gasteiger partial charge in [0.1, 0.15) is 17.3 Å². The molecule has 0 bridgehead atoms. The van der Waals surface area contributed by atoms with Crippen molar-refractivity contribution in [1.82, 2.24) is 0 Å². The average Bonchev–Trinajstić information content (AvgIpc) is 2.56. The number of carbonyl (C=O) groups excluding carboxylic acids is 1. The Kier molecular flexibility index (Phi) is 5.76. The summed E-state index contributed by atoms with van der Waals surface area (Å²) in [6.45, 7) is 0. The number of rotatable bonds is 5. The van der Waals surface area contributed by atoms with Crippen molar-refractivity contribution in [3.05, 3.63) is 58.3 Å². The van der Waals surface area contributed by atoms with Crippen LogP contribution in [-0.4, -0.2) is 20.1 Å². The fraction of sp³-hybridized carbons (Fsp3) is 0.118. The van der Waals surface area contributed by atoms with Gasteiger partial charge in [-0.1, -0.05) is 15.9 Å². The summed E-state index contributed by atoms with van der Waals surface area (Å²) in [5.41, 5.74) is 0.814. The molecule has 0 unspecified atom stereocenters. The van der Waals surface area contributed by atoms with E-state index < -0.39 is 11.7 Å². The number of methoxy groups -OCH3 is 2. The fourth-order valence-electron chi connectivity index (χ4n) is 1.88. The molecule has 0 radical (unpaired) electrons. The molecule has 1 amide bonds. The van der Waals surface area contributed by atoms with Crippen LogP contribution < -0.4 is 14.8 Å². The molecule has 0 aliphatic carbocycles. The lowest BCUT2D eigenvalue weighted by Crippen LogP contribution is -2.09. The quantitative estimate of drug-likeness (QED) is 0.789. The first kappa shape index (κ1) is 17.0. The maximum Gasteiger partial charge on any atom is 0.248 e. The van der Waals surface area contributed by atoms with E-state index in [4.69, 9.17) is 9.47 Å². The number of halogens is 2. The molecule has 0 heterocycles. The lowest BCUT2D eigenvalue weighted by molar-refractivity contribution is -0.111. The monoisotopic (exact) mass is 379 g/mol. The molecule has 0 spiro atoms. The number of amides is 1. The molecule has 6 heteroatoms. The van der Waals surface area contributed by atoms with Gasteiger partial charge < -0.3 is 14.8 Å². The van der Waals surface area contributed by atoms with Crippen LogP contribution in [0.5, 0.6) is 11.5 Å². The van der Waals surface area contributed by atoms with Crippen LogP contribution in [0.1, 0.15) is 5.56 Å². The molecule has 120 valence electrons. The number of benzene rings is 2. The molecule has 1 N–H and O–H groups in total. The zero-order valence-corrected chi connectivity index (χ0v) is 14.2. The highest BCUT2D eigenvalue weighted by atomic mass is 79.9. The molecule has 0 aliphatic heterocycles. The number of anilines is 1. The summed E-state index contributed by atoms with van der Waals surface area (Å²) in [5, 5.41) is 2.68. The van der Waals surface area contributed by atoms with Gasteiger partial charge in [-0.3, -0.25) is 4.79 Å². The largest absolute Gasteiger partial charge is 0.497 e. The molecule has 0 fully saturated rings. The molecule has 2 rings (SSSR count). The Labute approximate surface area is 142 Å². The lowest BCUT2D eigenvalue weighted by Gasteiger charge is -2.10. The van der Waals surface area contributed by atoms with Crippen LogP contribution in [0.25, 0.3) is 6.08 Å². The van der Waals surface area contributed by atoms with Gasteiger partial charge in [-0.15, -0.1) is 0 Å². The Morgan fingerprint density at radius 1 is 1.17 bits per heavy atom. The summed E-state index contributed by atoms with van der Waals surface area (Å²) in [6.07, 6.45) is 2.67. The maximum absolute atomic E-state index is 13.6. The summed E-state index contributed by atoms with van der Waals surface area (Å²) >= 11 is 3.26. The van der Waals surface area contributed by atoms with Crippen molar-refractivity contribution in [3.63, 3.8) is 0 Å². The third-order valence-electron chi connectivity index (χ3n) is 3.04. The molecular formula is C17H15BrFNO3. The number of carbonyl (C=O) groups is 1. The highest BCUT2D eigenvalue weighted by Gasteiger charge is 2.07. The van der Waals surface area contributed by atoms with E-state index >= 15 is 0 Å². The van der Waals surface area contributed by atoms with Crippen molar-refractivity contribution in [1.29, 1.82) is 0 Å². The first-order chi connectivity index (χ1) is 11.0. The topological polar surface area (TPSA) is 47.6 Å². The van der Waals surface area contributed by atoms with Crippen LogP contribution in [-0.2, 0) is 4.79 Å². The summed E-state index contributed by atoms with van der Waals surface area (Å²) in [7, 11) is 3.04.